The Morgan fingerprint density at radius 2 is 1.95 bits per heavy atom. The molecule has 1 aliphatic heterocycles. The first-order chi connectivity index (χ1) is 10.2. The fraction of sp³-hybridized carbons (Fsp3) is 0.400. The smallest absolute Gasteiger partial charge is 0.154 e. The van der Waals surface area contributed by atoms with Crippen LogP contribution in [-0.2, 0) is 6.54 Å². The monoisotopic (exact) mass is 282 g/mol. The van der Waals surface area contributed by atoms with Crippen molar-refractivity contribution in [2.45, 2.75) is 20.4 Å². The molecule has 0 saturated carbocycles. The summed E-state index contributed by atoms with van der Waals surface area (Å²) in [6, 6.07) is 2.09. The van der Waals surface area contributed by atoms with Gasteiger partial charge in [-0.2, -0.15) is 5.10 Å². The van der Waals surface area contributed by atoms with Crippen molar-refractivity contribution in [2.75, 3.05) is 18.0 Å². The zero-order chi connectivity index (χ0) is 14.4. The minimum atomic E-state index is 0.656. The number of aromatic nitrogens is 5. The Balaban J connectivity index is 1.50. The molecule has 0 spiro atoms. The van der Waals surface area contributed by atoms with Crippen molar-refractivity contribution in [2.24, 2.45) is 5.92 Å². The Morgan fingerprint density at radius 1 is 1.14 bits per heavy atom. The number of anilines is 1. The third kappa shape index (κ3) is 2.07. The van der Waals surface area contributed by atoms with Crippen molar-refractivity contribution < 1.29 is 0 Å². The fourth-order valence-corrected chi connectivity index (χ4v) is 3.01. The summed E-state index contributed by atoms with van der Waals surface area (Å²) in [5.41, 5.74) is 2.11. The van der Waals surface area contributed by atoms with Crippen LogP contribution in [-0.4, -0.2) is 37.2 Å². The molecule has 108 valence electrons. The van der Waals surface area contributed by atoms with Gasteiger partial charge in [-0.1, -0.05) is 0 Å². The van der Waals surface area contributed by atoms with E-state index >= 15 is 0 Å². The molecule has 6 heteroatoms. The molecule has 3 aromatic rings. The number of hydrogen-bond acceptors (Lipinski definition) is 4. The van der Waals surface area contributed by atoms with Crippen LogP contribution in [0.5, 0.6) is 0 Å². The van der Waals surface area contributed by atoms with E-state index in [1.165, 1.54) is 0 Å². The maximum atomic E-state index is 4.54. The summed E-state index contributed by atoms with van der Waals surface area (Å²) in [6.07, 6.45) is 7.64. The van der Waals surface area contributed by atoms with E-state index in [4.69, 9.17) is 0 Å². The Kier molecular flexibility index (Phi) is 2.70. The minimum absolute atomic E-state index is 0.656. The van der Waals surface area contributed by atoms with Crippen LogP contribution in [0.1, 0.15) is 11.5 Å². The predicted molar refractivity (Wildman–Crippen MR) is 80.4 cm³/mol. The maximum absolute atomic E-state index is 4.54. The first kappa shape index (κ1) is 12.4. The van der Waals surface area contributed by atoms with Gasteiger partial charge in [0.2, 0.25) is 0 Å². The molecule has 1 aliphatic rings. The van der Waals surface area contributed by atoms with Gasteiger partial charge >= 0.3 is 0 Å². The van der Waals surface area contributed by atoms with Crippen LogP contribution in [0.25, 0.3) is 5.52 Å². The summed E-state index contributed by atoms with van der Waals surface area (Å²) >= 11 is 0. The molecule has 0 aliphatic carbocycles. The summed E-state index contributed by atoms with van der Waals surface area (Å²) in [4.78, 5) is 11.1. The van der Waals surface area contributed by atoms with Crippen molar-refractivity contribution in [3.05, 3.63) is 42.4 Å². The highest BCUT2D eigenvalue weighted by molar-refractivity contribution is 5.69. The number of nitrogens with zero attached hydrogens (tertiary/aromatic N) is 6. The van der Waals surface area contributed by atoms with Crippen LogP contribution >= 0.6 is 0 Å². The van der Waals surface area contributed by atoms with Gasteiger partial charge in [0, 0.05) is 50.3 Å². The third-order valence-electron chi connectivity index (χ3n) is 4.13. The highest BCUT2D eigenvalue weighted by Crippen LogP contribution is 2.27. The van der Waals surface area contributed by atoms with E-state index in [-0.39, 0.29) is 0 Å². The molecule has 1 saturated heterocycles. The van der Waals surface area contributed by atoms with E-state index in [2.05, 4.69) is 36.8 Å². The van der Waals surface area contributed by atoms with Gasteiger partial charge in [0.25, 0.3) is 0 Å². The standard InChI is InChI=1S/C15H18N6/c1-11-7-14-15(17-4-6-21(14)18-11)20-9-13(10-20)8-19-5-3-16-12(19)2/h3-7,13H,8-10H2,1-2H3. The lowest BCUT2D eigenvalue weighted by molar-refractivity contribution is 0.353. The first-order valence-corrected chi connectivity index (χ1v) is 7.24. The highest BCUT2D eigenvalue weighted by Gasteiger charge is 2.29. The molecule has 4 rings (SSSR count). The van der Waals surface area contributed by atoms with Gasteiger partial charge in [-0.05, 0) is 19.9 Å². The Hall–Kier alpha value is -2.37. The Labute approximate surface area is 123 Å². The van der Waals surface area contributed by atoms with E-state index in [9.17, 15) is 0 Å². The van der Waals surface area contributed by atoms with Crippen molar-refractivity contribution in [3.63, 3.8) is 0 Å². The summed E-state index contributed by atoms with van der Waals surface area (Å²) in [5, 5.41) is 4.44. The summed E-state index contributed by atoms with van der Waals surface area (Å²) < 4.78 is 4.13. The topological polar surface area (TPSA) is 51.2 Å². The molecule has 3 aromatic heterocycles. The maximum Gasteiger partial charge on any atom is 0.154 e. The summed E-state index contributed by atoms with van der Waals surface area (Å²) in [7, 11) is 0. The lowest BCUT2D eigenvalue weighted by atomic mass is 10.00. The van der Waals surface area contributed by atoms with Gasteiger partial charge in [-0.25, -0.2) is 14.5 Å². The van der Waals surface area contributed by atoms with Gasteiger partial charge in [0.15, 0.2) is 5.82 Å². The second-order valence-corrected chi connectivity index (χ2v) is 5.76. The van der Waals surface area contributed by atoms with E-state index < -0.39 is 0 Å². The second-order valence-electron chi connectivity index (χ2n) is 5.76. The molecular weight excluding hydrogens is 264 g/mol. The molecule has 21 heavy (non-hydrogen) atoms. The average Bonchev–Trinajstić information content (AvgIpc) is 2.98. The molecule has 0 amide bonds. The molecule has 0 unspecified atom stereocenters. The number of fused-ring (bicyclic) bond motifs is 1. The van der Waals surface area contributed by atoms with Crippen LogP contribution in [0.3, 0.4) is 0 Å². The molecule has 6 nitrogen and oxygen atoms in total. The van der Waals surface area contributed by atoms with Gasteiger partial charge < -0.3 is 9.47 Å². The Bertz CT molecular complexity index is 780. The zero-order valence-corrected chi connectivity index (χ0v) is 12.3. The molecule has 1 fully saturated rings. The molecule has 0 atom stereocenters. The molecule has 0 aromatic carbocycles. The van der Waals surface area contributed by atoms with Crippen LogP contribution in [0.2, 0.25) is 0 Å². The van der Waals surface area contributed by atoms with Gasteiger partial charge in [0.05, 0.1) is 5.69 Å². The van der Waals surface area contributed by atoms with E-state index in [0.717, 1.165) is 42.5 Å². The molecule has 0 radical (unpaired) electrons. The molecule has 0 bridgehead atoms. The van der Waals surface area contributed by atoms with Crippen LogP contribution < -0.4 is 4.90 Å². The van der Waals surface area contributed by atoms with Crippen LogP contribution in [0.15, 0.2) is 30.9 Å². The minimum Gasteiger partial charge on any atom is -0.354 e. The summed E-state index contributed by atoms with van der Waals surface area (Å²) in [6.45, 7) is 7.16. The van der Waals surface area contributed by atoms with Gasteiger partial charge in [-0.15, -0.1) is 0 Å². The number of aryl methyl sites for hydroxylation is 2. The normalized spacial score (nSPS) is 15.6. The molecular formula is C15H18N6. The lowest BCUT2D eigenvalue weighted by Crippen LogP contribution is -2.49. The van der Waals surface area contributed by atoms with Crippen LogP contribution in [0.4, 0.5) is 5.82 Å². The van der Waals surface area contributed by atoms with Crippen molar-refractivity contribution >= 4 is 11.3 Å². The SMILES string of the molecule is Cc1cc2c(N3CC(Cn4ccnc4C)C3)nccn2n1. The first-order valence-electron chi connectivity index (χ1n) is 7.24. The number of rotatable bonds is 3. The lowest BCUT2D eigenvalue weighted by Gasteiger charge is -2.40. The third-order valence-corrected chi connectivity index (χ3v) is 4.13. The second kappa shape index (κ2) is 4.58. The van der Waals surface area contributed by atoms with Crippen molar-refractivity contribution in [3.8, 4) is 0 Å². The van der Waals surface area contributed by atoms with Crippen molar-refractivity contribution in [1.82, 2.24) is 24.1 Å². The molecule has 0 N–H and O–H groups in total. The van der Waals surface area contributed by atoms with Crippen LogP contribution in [0, 0.1) is 19.8 Å². The van der Waals surface area contributed by atoms with Gasteiger partial charge in [0.1, 0.15) is 11.3 Å². The average molecular weight is 282 g/mol. The summed E-state index contributed by atoms with van der Waals surface area (Å²) in [5.74, 6) is 2.78. The fourth-order valence-electron chi connectivity index (χ4n) is 3.01. The van der Waals surface area contributed by atoms with Gasteiger partial charge in [-0.3, -0.25) is 0 Å². The van der Waals surface area contributed by atoms with E-state index in [1.54, 1.807) is 0 Å². The number of imidazole rings is 1. The highest BCUT2D eigenvalue weighted by atomic mass is 15.3. The van der Waals surface area contributed by atoms with Crippen molar-refractivity contribution in [1.29, 1.82) is 0 Å². The van der Waals surface area contributed by atoms with E-state index in [1.807, 2.05) is 37.0 Å². The molecule has 4 heterocycles. The Morgan fingerprint density at radius 3 is 2.71 bits per heavy atom. The largest absolute Gasteiger partial charge is 0.354 e. The number of hydrogen-bond donors (Lipinski definition) is 0. The van der Waals surface area contributed by atoms with E-state index in [0.29, 0.717) is 5.92 Å². The predicted octanol–water partition coefficient (Wildman–Crippen LogP) is 1.68. The quantitative estimate of drug-likeness (QED) is 0.733. The zero-order valence-electron chi connectivity index (χ0n) is 12.3.